The molecule has 0 fully saturated rings. The summed E-state index contributed by atoms with van der Waals surface area (Å²) < 4.78 is 33.2. The Morgan fingerprint density at radius 1 is 1.04 bits per heavy atom. The maximum absolute atomic E-state index is 13.7. The molecule has 0 saturated heterocycles. The van der Waals surface area contributed by atoms with Crippen LogP contribution in [-0.4, -0.2) is 48.5 Å². The standard InChI is InChI=1S/C35H36ClN5O7S/c1-20-17-25(18-21(2)34(20)36)48-16-6-9-28-27-7-5-8-29(33-22(3)38-39-23(33)4)30(27)19-31(28)35(43)37-15-14-32(42)40-49(46,47)26-12-10-24(11-13-26)41(44)45/h5,7-8,10-13,17-18H,6,9,14-16,19H2,1-4H3,(H,37,43)(H,38,39)(H,40,42). The van der Waals surface area contributed by atoms with Gasteiger partial charge in [-0.2, -0.15) is 5.10 Å². The van der Waals surface area contributed by atoms with Crippen LogP contribution in [0, 0.1) is 37.8 Å². The summed E-state index contributed by atoms with van der Waals surface area (Å²) in [6.45, 7) is 8.04. The number of non-ortho nitro benzene ring substituents is 1. The van der Waals surface area contributed by atoms with Crippen molar-refractivity contribution in [2.75, 3.05) is 13.2 Å². The van der Waals surface area contributed by atoms with Gasteiger partial charge in [-0.1, -0.05) is 29.8 Å². The molecule has 12 nitrogen and oxygen atoms in total. The van der Waals surface area contributed by atoms with E-state index in [1.807, 2.05) is 62.7 Å². The fourth-order valence-electron chi connectivity index (χ4n) is 6.02. The van der Waals surface area contributed by atoms with E-state index in [-0.39, 0.29) is 29.5 Å². The van der Waals surface area contributed by atoms with Crippen molar-refractivity contribution in [2.45, 2.75) is 58.3 Å². The van der Waals surface area contributed by atoms with Gasteiger partial charge in [-0.25, -0.2) is 13.1 Å². The zero-order valence-corrected chi connectivity index (χ0v) is 29.0. The lowest BCUT2D eigenvalue weighted by Gasteiger charge is -2.13. The second kappa shape index (κ2) is 14.6. The summed E-state index contributed by atoms with van der Waals surface area (Å²) in [6, 6.07) is 13.9. The Labute approximate surface area is 289 Å². The topological polar surface area (TPSA) is 173 Å². The van der Waals surface area contributed by atoms with Crippen LogP contribution in [0.5, 0.6) is 5.75 Å². The minimum Gasteiger partial charge on any atom is -0.494 e. The maximum atomic E-state index is 13.7. The van der Waals surface area contributed by atoms with Gasteiger partial charge in [0, 0.05) is 53.4 Å². The molecule has 14 heteroatoms. The second-order valence-electron chi connectivity index (χ2n) is 11.9. The van der Waals surface area contributed by atoms with E-state index < -0.39 is 20.9 Å². The summed E-state index contributed by atoms with van der Waals surface area (Å²) in [5.41, 5.74) is 8.74. The minimum absolute atomic E-state index is 0.112. The van der Waals surface area contributed by atoms with Crippen LogP contribution in [-0.2, 0) is 26.0 Å². The van der Waals surface area contributed by atoms with E-state index in [0.29, 0.717) is 36.5 Å². The lowest BCUT2D eigenvalue weighted by molar-refractivity contribution is -0.384. The third-order valence-corrected chi connectivity index (χ3v) is 10.4. The van der Waals surface area contributed by atoms with E-state index in [1.165, 1.54) is 0 Å². The van der Waals surface area contributed by atoms with Gasteiger partial charge in [-0.15, -0.1) is 0 Å². The van der Waals surface area contributed by atoms with Crippen LogP contribution in [0.4, 0.5) is 5.69 Å². The Hall–Kier alpha value is -5.01. The Morgan fingerprint density at radius 3 is 2.35 bits per heavy atom. The van der Waals surface area contributed by atoms with E-state index in [4.69, 9.17) is 16.3 Å². The number of sulfonamides is 1. The molecule has 0 radical (unpaired) electrons. The number of rotatable bonds is 13. The first-order valence-corrected chi connectivity index (χ1v) is 17.5. The largest absolute Gasteiger partial charge is 0.494 e. The molecular weight excluding hydrogens is 670 g/mol. The quantitative estimate of drug-likeness (QED) is 0.0856. The van der Waals surface area contributed by atoms with Crippen LogP contribution in [0.15, 0.2) is 65.1 Å². The highest BCUT2D eigenvalue weighted by Crippen LogP contribution is 2.42. The van der Waals surface area contributed by atoms with Crippen molar-refractivity contribution >= 4 is 44.7 Å². The fourth-order valence-corrected chi connectivity index (χ4v) is 7.15. The summed E-state index contributed by atoms with van der Waals surface area (Å²) >= 11 is 6.31. The average molecular weight is 706 g/mol. The van der Waals surface area contributed by atoms with E-state index in [0.717, 1.165) is 80.4 Å². The first kappa shape index (κ1) is 35.3. The van der Waals surface area contributed by atoms with Gasteiger partial charge in [-0.3, -0.25) is 24.8 Å². The number of hydrogen-bond donors (Lipinski definition) is 3. The highest BCUT2D eigenvalue weighted by molar-refractivity contribution is 7.90. The van der Waals surface area contributed by atoms with E-state index >= 15 is 0 Å². The number of H-pyrrole nitrogens is 1. The van der Waals surface area contributed by atoms with Crippen molar-refractivity contribution in [1.82, 2.24) is 20.2 Å². The van der Waals surface area contributed by atoms with Crippen LogP contribution in [0.2, 0.25) is 5.02 Å². The third-order valence-electron chi connectivity index (χ3n) is 8.38. The molecule has 1 aliphatic carbocycles. The van der Waals surface area contributed by atoms with Crippen LogP contribution in [0.3, 0.4) is 0 Å². The lowest BCUT2D eigenvalue weighted by Crippen LogP contribution is -2.34. The number of carbonyl (C=O) groups excluding carboxylic acids is 2. The average Bonchev–Trinajstić information content (AvgIpc) is 3.60. The smallest absolute Gasteiger partial charge is 0.269 e. The van der Waals surface area contributed by atoms with Gasteiger partial charge in [0.25, 0.3) is 15.7 Å². The molecule has 256 valence electrons. The summed E-state index contributed by atoms with van der Waals surface area (Å²) in [4.78, 5) is 36.1. The van der Waals surface area contributed by atoms with Crippen molar-refractivity contribution < 1.29 is 27.7 Å². The summed E-state index contributed by atoms with van der Waals surface area (Å²) in [5.74, 6) is -0.463. The Balaban J connectivity index is 1.29. The van der Waals surface area contributed by atoms with Gasteiger partial charge in [-0.05, 0) is 98.2 Å². The van der Waals surface area contributed by atoms with Crippen molar-refractivity contribution in [3.63, 3.8) is 0 Å². The molecule has 1 aromatic heterocycles. The number of aromatic amines is 1. The molecule has 4 aromatic rings. The van der Waals surface area contributed by atoms with Gasteiger partial charge in [0.15, 0.2) is 0 Å². The molecule has 1 aliphatic rings. The van der Waals surface area contributed by atoms with Crippen molar-refractivity contribution in [3.05, 3.63) is 109 Å². The molecule has 0 atom stereocenters. The van der Waals surface area contributed by atoms with Gasteiger partial charge >= 0.3 is 0 Å². The molecule has 2 amide bonds. The van der Waals surface area contributed by atoms with E-state index in [1.54, 1.807) is 0 Å². The zero-order valence-electron chi connectivity index (χ0n) is 27.5. The monoisotopic (exact) mass is 705 g/mol. The molecule has 5 rings (SSSR count). The van der Waals surface area contributed by atoms with Crippen LogP contribution < -0.4 is 14.8 Å². The Bertz CT molecular complexity index is 2050. The second-order valence-corrected chi connectivity index (χ2v) is 13.9. The van der Waals surface area contributed by atoms with Crippen LogP contribution >= 0.6 is 11.6 Å². The summed E-state index contributed by atoms with van der Waals surface area (Å²) in [7, 11) is -4.26. The van der Waals surface area contributed by atoms with E-state index in [2.05, 4.69) is 15.5 Å². The van der Waals surface area contributed by atoms with Crippen molar-refractivity contribution in [2.24, 2.45) is 0 Å². The summed E-state index contributed by atoms with van der Waals surface area (Å²) in [5, 5.41) is 21.8. The van der Waals surface area contributed by atoms with E-state index in [9.17, 15) is 28.1 Å². The molecule has 3 aromatic carbocycles. The molecule has 0 unspecified atom stereocenters. The molecule has 3 N–H and O–H groups in total. The predicted molar refractivity (Wildman–Crippen MR) is 186 cm³/mol. The number of halogens is 1. The number of ether oxygens (including phenoxy) is 1. The molecule has 49 heavy (non-hydrogen) atoms. The number of nitrogens with zero attached hydrogens (tertiary/aromatic N) is 2. The van der Waals surface area contributed by atoms with Gasteiger partial charge in [0.05, 0.1) is 22.1 Å². The van der Waals surface area contributed by atoms with Gasteiger partial charge < -0.3 is 10.1 Å². The number of allylic oxidation sites excluding steroid dienone is 1. The Kier molecular flexibility index (Phi) is 10.5. The summed E-state index contributed by atoms with van der Waals surface area (Å²) in [6.07, 6.45) is 1.25. The molecule has 0 saturated carbocycles. The first-order chi connectivity index (χ1) is 23.3. The normalized spacial score (nSPS) is 12.5. The number of aromatic nitrogens is 2. The van der Waals surface area contributed by atoms with Gasteiger partial charge in [0.2, 0.25) is 11.8 Å². The SMILES string of the molecule is Cc1cc(OCCCC2=C(C(=O)NCCC(=O)NS(=O)(=O)c3ccc([N+](=O)[O-])cc3)Cc3c2cccc3-c2c(C)n[nH]c2C)cc(C)c1Cl. The number of carbonyl (C=O) groups is 2. The highest BCUT2D eigenvalue weighted by Gasteiger charge is 2.29. The number of benzene rings is 3. The molecule has 0 aliphatic heterocycles. The number of nitro benzene ring substituents is 1. The number of nitro groups is 1. The molecule has 0 spiro atoms. The molecular formula is C35H36ClN5O7S. The lowest BCUT2D eigenvalue weighted by atomic mass is 9.93. The first-order valence-electron chi connectivity index (χ1n) is 15.6. The number of hydrogen-bond acceptors (Lipinski definition) is 8. The van der Waals surface area contributed by atoms with Crippen molar-refractivity contribution in [1.29, 1.82) is 0 Å². The Morgan fingerprint density at radius 2 is 1.71 bits per heavy atom. The third kappa shape index (κ3) is 7.84. The highest BCUT2D eigenvalue weighted by atomic mass is 35.5. The molecule has 0 bridgehead atoms. The van der Waals surface area contributed by atoms with Crippen molar-refractivity contribution in [3.8, 4) is 16.9 Å². The van der Waals surface area contributed by atoms with Crippen LogP contribution in [0.1, 0.15) is 52.9 Å². The van der Waals surface area contributed by atoms with Crippen LogP contribution in [0.25, 0.3) is 16.7 Å². The number of amides is 2. The maximum Gasteiger partial charge on any atom is 0.269 e. The zero-order chi connectivity index (χ0) is 35.5. The number of aryl methyl sites for hydroxylation is 4. The molecule has 1 heterocycles. The van der Waals surface area contributed by atoms with Gasteiger partial charge in [0.1, 0.15) is 5.75 Å². The number of fused-ring (bicyclic) bond motifs is 1. The predicted octanol–water partition coefficient (Wildman–Crippen LogP) is 6.05. The number of nitrogens with one attached hydrogen (secondary N) is 3. The fraction of sp³-hybridized carbons (Fsp3) is 0.286. The minimum atomic E-state index is -4.26.